The van der Waals surface area contributed by atoms with E-state index in [1.807, 2.05) is 21.9 Å². The van der Waals surface area contributed by atoms with Crippen molar-refractivity contribution in [3.8, 4) is 0 Å². The monoisotopic (exact) mass is 325 g/mol. The molecule has 5 nitrogen and oxygen atoms in total. The number of nitrogens with two attached hydrogens (primary N) is 1. The first kappa shape index (κ1) is 15.2. The number of carbonyl (C=O) groups is 2. The van der Waals surface area contributed by atoms with Gasteiger partial charge in [-0.2, -0.15) is 0 Å². The highest BCUT2D eigenvalue weighted by Gasteiger charge is 2.61. The molecule has 2 saturated heterocycles. The molecule has 1 aliphatic carbocycles. The van der Waals surface area contributed by atoms with Crippen LogP contribution in [0, 0.1) is 17.8 Å². The normalized spacial score (nSPS) is 31.0. The molecule has 4 atom stereocenters. The Balaban J connectivity index is 1.34. The molecule has 0 spiro atoms. The molecular weight excluding hydrogens is 302 g/mol. The maximum absolute atomic E-state index is 12.8. The van der Waals surface area contributed by atoms with Crippen LogP contribution in [0.1, 0.15) is 17.9 Å². The number of fused-ring (bicyclic) bond motifs is 1. The largest absolute Gasteiger partial charge is 0.399 e. The number of hydrogen-bond donors (Lipinski definition) is 1. The number of likely N-dealkylation sites (tertiary alicyclic amines) is 2. The lowest BCUT2D eigenvalue weighted by atomic mass is 9.98. The molecule has 3 fully saturated rings. The Bertz CT molecular complexity index is 672. The lowest BCUT2D eigenvalue weighted by molar-refractivity contribution is -0.134. The van der Waals surface area contributed by atoms with E-state index < -0.39 is 0 Å². The molecule has 2 aliphatic heterocycles. The van der Waals surface area contributed by atoms with E-state index in [1.165, 1.54) is 11.6 Å². The first-order valence-corrected chi connectivity index (χ1v) is 8.64. The third-order valence-electron chi connectivity index (χ3n) is 5.87. The zero-order valence-electron chi connectivity index (χ0n) is 13.7. The third-order valence-corrected chi connectivity index (χ3v) is 5.87. The Hall–Kier alpha value is -2.30. The predicted octanol–water partition coefficient (Wildman–Crippen LogP) is 1.48. The van der Waals surface area contributed by atoms with E-state index >= 15 is 0 Å². The van der Waals surface area contributed by atoms with Gasteiger partial charge in [0.15, 0.2) is 0 Å². The van der Waals surface area contributed by atoms with Crippen LogP contribution in [-0.4, -0.2) is 47.8 Å². The van der Waals surface area contributed by atoms with Crippen molar-refractivity contribution in [2.45, 2.75) is 12.3 Å². The van der Waals surface area contributed by atoms with E-state index in [4.69, 9.17) is 5.73 Å². The van der Waals surface area contributed by atoms with Gasteiger partial charge in [-0.15, -0.1) is 0 Å². The van der Waals surface area contributed by atoms with E-state index in [0.717, 1.165) is 25.2 Å². The SMILES string of the molecule is C=CC(=O)N1C[C@@H]2C(C(=O)N3CCC(c4ccc(N)cc4)C3)[C@@H]2C1. The summed E-state index contributed by atoms with van der Waals surface area (Å²) in [4.78, 5) is 28.3. The molecular formula is C19H23N3O2. The second kappa shape index (κ2) is 5.65. The highest BCUT2D eigenvalue weighted by atomic mass is 16.2. The minimum atomic E-state index is -0.0158. The maximum atomic E-state index is 12.8. The number of amides is 2. The second-order valence-corrected chi connectivity index (χ2v) is 7.24. The summed E-state index contributed by atoms with van der Waals surface area (Å²) in [7, 11) is 0. The van der Waals surface area contributed by atoms with E-state index in [9.17, 15) is 9.59 Å². The highest BCUT2D eigenvalue weighted by Crippen LogP contribution is 2.53. The highest BCUT2D eigenvalue weighted by molar-refractivity contribution is 5.88. The fourth-order valence-corrected chi connectivity index (χ4v) is 4.41. The number of anilines is 1. The van der Waals surface area contributed by atoms with Gasteiger partial charge in [0.25, 0.3) is 0 Å². The Morgan fingerprint density at radius 3 is 2.38 bits per heavy atom. The smallest absolute Gasteiger partial charge is 0.245 e. The van der Waals surface area contributed by atoms with Crippen molar-refractivity contribution in [2.75, 3.05) is 31.9 Å². The van der Waals surface area contributed by atoms with Gasteiger partial charge in [-0.05, 0) is 42.0 Å². The quantitative estimate of drug-likeness (QED) is 0.676. The summed E-state index contributed by atoms with van der Waals surface area (Å²) in [6.07, 6.45) is 2.37. The number of benzene rings is 1. The standard InChI is InChI=1S/C19H23N3O2/c1-2-17(23)22-10-15-16(11-22)18(15)19(24)21-8-7-13(9-21)12-3-5-14(20)6-4-12/h2-6,13,15-16,18H,1,7-11,20H2/t13?,15-,16+,18?. The number of nitrogen functional groups attached to an aromatic ring is 1. The lowest BCUT2D eigenvalue weighted by Gasteiger charge is -2.21. The van der Waals surface area contributed by atoms with E-state index in [-0.39, 0.29) is 17.7 Å². The number of rotatable bonds is 3. The number of piperidine rings is 1. The molecule has 0 radical (unpaired) electrons. The van der Waals surface area contributed by atoms with Crippen LogP contribution in [0.5, 0.6) is 0 Å². The summed E-state index contributed by atoms with van der Waals surface area (Å²) >= 11 is 0. The van der Waals surface area contributed by atoms with Crippen LogP contribution in [-0.2, 0) is 9.59 Å². The summed E-state index contributed by atoms with van der Waals surface area (Å²) in [5.74, 6) is 1.52. The first-order valence-electron chi connectivity index (χ1n) is 8.64. The fourth-order valence-electron chi connectivity index (χ4n) is 4.41. The summed E-state index contributed by atoms with van der Waals surface area (Å²) < 4.78 is 0. The summed E-state index contributed by atoms with van der Waals surface area (Å²) in [6.45, 7) is 6.58. The van der Waals surface area contributed by atoms with Gasteiger partial charge in [-0.25, -0.2) is 0 Å². The molecule has 4 rings (SSSR count). The van der Waals surface area contributed by atoms with Crippen LogP contribution in [0.3, 0.4) is 0 Å². The van der Waals surface area contributed by atoms with Gasteiger partial charge in [0, 0.05) is 43.7 Å². The molecule has 2 unspecified atom stereocenters. The molecule has 2 N–H and O–H groups in total. The molecule has 2 amide bonds. The van der Waals surface area contributed by atoms with Crippen molar-refractivity contribution in [1.82, 2.24) is 9.80 Å². The average Bonchev–Trinajstić information content (AvgIpc) is 2.99. The summed E-state index contributed by atoms with van der Waals surface area (Å²) in [5, 5.41) is 0. The fraction of sp³-hybridized carbons (Fsp3) is 0.474. The number of carbonyl (C=O) groups excluding carboxylic acids is 2. The van der Waals surface area contributed by atoms with Crippen molar-refractivity contribution >= 4 is 17.5 Å². The molecule has 126 valence electrons. The molecule has 24 heavy (non-hydrogen) atoms. The van der Waals surface area contributed by atoms with Gasteiger partial charge in [0.05, 0.1) is 0 Å². The van der Waals surface area contributed by atoms with Crippen LogP contribution in [0.2, 0.25) is 0 Å². The lowest BCUT2D eigenvalue weighted by Crippen LogP contribution is -2.36. The molecule has 0 bridgehead atoms. The van der Waals surface area contributed by atoms with Crippen LogP contribution in [0.25, 0.3) is 0 Å². The van der Waals surface area contributed by atoms with Crippen LogP contribution >= 0.6 is 0 Å². The maximum Gasteiger partial charge on any atom is 0.245 e. The van der Waals surface area contributed by atoms with Gasteiger partial charge in [-0.3, -0.25) is 9.59 Å². The van der Waals surface area contributed by atoms with Crippen molar-refractivity contribution in [3.63, 3.8) is 0 Å². The average molecular weight is 325 g/mol. The predicted molar refractivity (Wildman–Crippen MR) is 92.0 cm³/mol. The molecule has 0 aromatic heterocycles. The first-order chi connectivity index (χ1) is 11.6. The van der Waals surface area contributed by atoms with Crippen LogP contribution < -0.4 is 5.73 Å². The Morgan fingerprint density at radius 1 is 1.08 bits per heavy atom. The second-order valence-electron chi connectivity index (χ2n) is 7.24. The number of hydrogen-bond acceptors (Lipinski definition) is 3. The van der Waals surface area contributed by atoms with E-state index in [0.29, 0.717) is 30.8 Å². The van der Waals surface area contributed by atoms with Crippen LogP contribution in [0.15, 0.2) is 36.9 Å². The summed E-state index contributed by atoms with van der Waals surface area (Å²) in [6, 6.07) is 7.99. The van der Waals surface area contributed by atoms with Crippen LogP contribution in [0.4, 0.5) is 5.69 Å². The summed E-state index contributed by atoms with van der Waals surface area (Å²) in [5.41, 5.74) is 7.78. The Labute approximate surface area is 142 Å². The third kappa shape index (κ3) is 2.48. The van der Waals surface area contributed by atoms with Crippen molar-refractivity contribution in [2.24, 2.45) is 17.8 Å². The molecule has 3 aliphatic rings. The zero-order valence-corrected chi connectivity index (χ0v) is 13.7. The van der Waals surface area contributed by atoms with Gasteiger partial charge in [-0.1, -0.05) is 18.7 Å². The Morgan fingerprint density at radius 2 is 1.75 bits per heavy atom. The molecule has 1 aromatic carbocycles. The van der Waals surface area contributed by atoms with Gasteiger partial charge >= 0.3 is 0 Å². The van der Waals surface area contributed by atoms with Gasteiger partial charge in [0.1, 0.15) is 0 Å². The molecule has 5 heteroatoms. The minimum absolute atomic E-state index is 0.0158. The molecule has 1 saturated carbocycles. The van der Waals surface area contributed by atoms with Crippen molar-refractivity contribution < 1.29 is 9.59 Å². The Kier molecular flexibility index (Phi) is 3.59. The van der Waals surface area contributed by atoms with Crippen molar-refractivity contribution in [3.05, 3.63) is 42.5 Å². The topological polar surface area (TPSA) is 66.6 Å². The van der Waals surface area contributed by atoms with Crippen molar-refractivity contribution in [1.29, 1.82) is 0 Å². The molecule has 2 heterocycles. The zero-order chi connectivity index (χ0) is 16.8. The van der Waals surface area contributed by atoms with Gasteiger partial charge in [0.2, 0.25) is 11.8 Å². The molecule has 1 aromatic rings. The van der Waals surface area contributed by atoms with Gasteiger partial charge < -0.3 is 15.5 Å². The van der Waals surface area contributed by atoms with E-state index in [2.05, 4.69) is 18.7 Å². The van der Waals surface area contributed by atoms with E-state index in [1.54, 1.807) is 0 Å². The number of nitrogens with zero attached hydrogens (tertiary/aromatic N) is 2. The minimum Gasteiger partial charge on any atom is -0.399 e.